The predicted octanol–water partition coefficient (Wildman–Crippen LogP) is 3.12. The molecule has 5 heterocycles. The van der Waals surface area contributed by atoms with Crippen molar-refractivity contribution in [2.45, 2.75) is 45.9 Å². The average molecular weight is 558 g/mol. The topological polar surface area (TPSA) is 94.9 Å². The predicted molar refractivity (Wildman–Crippen MR) is 153 cm³/mol. The largest absolute Gasteiger partial charge is 0.477 e. The van der Waals surface area contributed by atoms with Crippen LogP contribution >= 0.6 is 0 Å². The van der Waals surface area contributed by atoms with E-state index >= 15 is 0 Å². The van der Waals surface area contributed by atoms with Crippen LogP contribution in [0.15, 0.2) is 42.1 Å². The molecule has 2 aromatic rings. The second-order valence-corrected chi connectivity index (χ2v) is 13.2. The van der Waals surface area contributed by atoms with Crippen molar-refractivity contribution in [1.29, 1.82) is 0 Å². The number of piperazine rings is 3. The molecule has 0 aromatic heterocycles. The summed E-state index contributed by atoms with van der Waals surface area (Å²) in [5.41, 5.74) is 5.54. The third kappa shape index (κ3) is 3.73. The molecule has 0 spiro atoms. The Bertz CT molecular complexity index is 1520. The average Bonchev–Trinajstić information content (AvgIpc) is 3.37. The number of carboxylic acids is 1. The number of hydrogen-bond acceptors (Lipinski definition) is 4. The number of aliphatic carboxylic acids is 1. The van der Waals surface area contributed by atoms with Crippen molar-refractivity contribution >= 4 is 23.2 Å². The zero-order valence-corrected chi connectivity index (χ0v) is 24.1. The van der Waals surface area contributed by atoms with Gasteiger partial charge in [0.1, 0.15) is 51.5 Å². The molecule has 0 saturated carbocycles. The van der Waals surface area contributed by atoms with E-state index in [1.54, 1.807) is 13.0 Å². The molecule has 6 aliphatic rings. The SMILES string of the molecule is CCC[N+]12CC[N+](Cc3ccc4c(c3)C(=O)c3ccc(C5=C(C(=O)O)N6C(=O)[C@H]([C@@H](C)O)[C@H]6[C@H]5C)cc3-4)(CC1)CC2. The van der Waals surface area contributed by atoms with Crippen LogP contribution < -0.4 is 0 Å². The minimum atomic E-state index is -1.15. The second-order valence-electron chi connectivity index (χ2n) is 13.2. The van der Waals surface area contributed by atoms with E-state index in [1.165, 1.54) is 67.2 Å². The third-order valence-corrected chi connectivity index (χ3v) is 10.9. The van der Waals surface area contributed by atoms with Gasteiger partial charge < -0.3 is 24.1 Å². The first-order chi connectivity index (χ1) is 19.6. The van der Waals surface area contributed by atoms with Crippen LogP contribution in [0.25, 0.3) is 16.7 Å². The van der Waals surface area contributed by atoms with E-state index in [0.717, 1.165) is 27.7 Å². The van der Waals surface area contributed by atoms with Gasteiger partial charge >= 0.3 is 5.97 Å². The van der Waals surface area contributed by atoms with Crippen molar-refractivity contribution in [1.82, 2.24) is 4.90 Å². The number of fused-ring (bicyclic) bond motifs is 7. The Labute approximate surface area is 240 Å². The van der Waals surface area contributed by atoms with E-state index < -0.39 is 18.0 Å². The highest BCUT2D eigenvalue weighted by atomic mass is 16.4. The molecule has 8 nitrogen and oxygen atoms in total. The van der Waals surface area contributed by atoms with Gasteiger partial charge in [-0.25, -0.2) is 4.79 Å². The van der Waals surface area contributed by atoms with Gasteiger partial charge in [-0.2, -0.15) is 0 Å². The molecule has 4 saturated heterocycles. The normalized spacial score (nSPS) is 32.1. The van der Waals surface area contributed by atoms with Crippen molar-refractivity contribution in [2.24, 2.45) is 11.8 Å². The summed E-state index contributed by atoms with van der Waals surface area (Å²) in [4.78, 5) is 40.1. The first kappa shape index (κ1) is 26.6. The van der Waals surface area contributed by atoms with Crippen LogP contribution in [0.2, 0.25) is 0 Å². The number of aliphatic hydroxyl groups is 1. The minimum Gasteiger partial charge on any atom is -0.477 e. The first-order valence-electron chi connectivity index (χ1n) is 15.1. The molecular formula is C33H39N3O5+2. The van der Waals surface area contributed by atoms with Crippen LogP contribution in [0, 0.1) is 11.8 Å². The van der Waals surface area contributed by atoms with Gasteiger partial charge in [-0.1, -0.05) is 32.0 Å². The number of benzene rings is 2. The zero-order valence-electron chi connectivity index (χ0n) is 24.1. The van der Waals surface area contributed by atoms with E-state index in [0.29, 0.717) is 16.7 Å². The van der Waals surface area contributed by atoms with E-state index in [9.17, 15) is 24.6 Å². The van der Waals surface area contributed by atoms with E-state index in [4.69, 9.17) is 0 Å². The summed E-state index contributed by atoms with van der Waals surface area (Å²) < 4.78 is 2.39. The summed E-state index contributed by atoms with van der Waals surface area (Å²) in [5, 5.41) is 20.3. The van der Waals surface area contributed by atoms with Crippen LogP contribution in [-0.4, -0.2) is 99.7 Å². The summed E-state index contributed by atoms with van der Waals surface area (Å²) in [6.07, 6.45) is 0.389. The molecule has 2 N–H and O–H groups in total. The highest BCUT2D eigenvalue weighted by Gasteiger charge is 2.60. The number of ketones is 1. The lowest BCUT2D eigenvalue weighted by atomic mass is 9.76. The Balaban J connectivity index is 1.20. The molecule has 1 aliphatic carbocycles. The molecule has 1 amide bonds. The van der Waals surface area contributed by atoms with Crippen LogP contribution in [0.1, 0.15) is 54.2 Å². The molecule has 5 aliphatic heterocycles. The maximum absolute atomic E-state index is 13.6. The van der Waals surface area contributed by atoms with Gasteiger partial charge in [0.2, 0.25) is 5.91 Å². The van der Waals surface area contributed by atoms with E-state index in [1.807, 2.05) is 19.1 Å². The zero-order chi connectivity index (χ0) is 28.8. The van der Waals surface area contributed by atoms with E-state index in [-0.39, 0.29) is 29.3 Å². The van der Waals surface area contributed by atoms with Gasteiger partial charge in [0.05, 0.1) is 24.6 Å². The van der Waals surface area contributed by atoms with Gasteiger partial charge in [0, 0.05) is 22.6 Å². The van der Waals surface area contributed by atoms with Gasteiger partial charge in [0.25, 0.3) is 0 Å². The smallest absolute Gasteiger partial charge is 0.352 e. The van der Waals surface area contributed by atoms with Gasteiger partial charge in [-0.15, -0.1) is 0 Å². The maximum Gasteiger partial charge on any atom is 0.352 e. The lowest BCUT2D eigenvalue weighted by Gasteiger charge is -2.55. The van der Waals surface area contributed by atoms with E-state index in [2.05, 4.69) is 25.1 Å². The number of β-lactam (4-membered cyclic amide) rings is 1. The Morgan fingerprint density at radius 2 is 1.61 bits per heavy atom. The van der Waals surface area contributed by atoms with Crippen molar-refractivity contribution in [3.63, 3.8) is 0 Å². The third-order valence-electron chi connectivity index (χ3n) is 10.9. The molecule has 4 atom stereocenters. The summed E-state index contributed by atoms with van der Waals surface area (Å²) in [5.74, 6) is -2.35. The molecule has 2 bridgehead atoms. The van der Waals surface area contributed by atoms with Crippen molar-refractivity contribution in [2.75, 3.05) is 45.8 Å². The van der Waals surface area contributed by atoms with Crippen molar-refractivity contribution < 1.29 is 33.6 Å². The van der Waals surface area contributed by atoms with Crippen LogP contribution in [0.4, 0.5) is 0 Å². The minimum absolute atomic E-state index is 0.0113. The molecule has 8 heteroatoms. The number of nitrogens with zero attached hydrogens (tertiary/aromatic N) is 3. The van der Waals surface area contributed by atoms with Crippen molar-refractivity contribution in [3.05, 3.63) is 64.3 Å². The molecule has 41 heavy (non-hydrogen) atoms. The fourth-order valence-corrected chi connectivity index (χ4v) is 8.72. The quantitative estimate of drug-likeness (QED) is 0.344. The molecular weight excluding hydrogens is 518 g/mol. The summed E-state index contributed by atoms with van der Waals surface area (Å²) in [6, 6.07) is 11.5. The summed E-state index contributed by atoms with van der Waals surface area (Å²) in [7, 11) is 0. The Hall–Kier alpha value is -3.33. The Morgan fingerprint density at radius 3 is 2.24 bits per heavy atom. The first-order valence-corrected chi connectivity index (χ1v) is 15.1. The number of quaternary nitrogens is 2. The molecule has 4 fully saturated rings. The molecule has 214 valence electrons. The van der Waals surface area contributed by atoms with Crippen LogP contribution in [0.3, 0.4) is 0 Å². The number of amides is 1. The van der Waals surface area contributed by atoms with Gasteiger partial charge in [-0.05, 0) is 53.8 Å². The fourth-order valence-electron chi connectivity index (χ4n) is 8.72. The number of hydrogen-bond donors (Lipinski definition) is 2. The van der Waals surface area contributed by atoms with Crippen LogP contribution in [0.5, 0.6) is 0 Å². The number of carbonyl (C=O) groups is 3. The molecule has 0 radical (unpaired) electrons. The Kier molecular flexibility index (Phi) is 5.88. The number of carbonyl (C=O) groups excluding carboxylic acids is 2. The monoisotopic (exact) mass is 557 g/mol. The molecule has 8 rings (SSSR count). The van der Waals surface area contributed by atoms with Gasteiger partial charge in [0.15, 0.2) is 5.78 Å². The second kappa shape index (κ2) is 9.08. The molecule has 2 aromatic carbocycles. The highest BCUT2D eigenvalue weighted by Crippen LogP contribution is 2.51. The molecule has 0 unspecified atom stereocenters. The lowest BCUT2D eigenvalue weighted by Crippen LogP contribution is -2.74. The van der Waals surface area contributed by atoms with Crippen molar-refractivity contribution in [3.8, 4) is 11.1 Å². The summed E-state index contributed by atoms with van der Waals surface area (Å²) >= 11 is 0. The Morgan fingerprint density at radius 1 is 0.951 bits per heavy atom. The lowest BCUT2D eigenvalue weighted by molar-refractivity contribution is -1.09. The standard InChI is InChI=1S/C33H38N3O5/c1-4-9-35-10-13-36(14-11-35,15-12-35)18-21-5-7-23-25-17-22(6-8-24(25)31(38)26(23)16-21)27-19(2)29-28(20(3)37)32(39)34(29)30(27)33(40)41/h5-8,16-17,19-20,28-29,37H,4,9-15,18H2,1-3H3/q+1/p+1/t19-,20+,28+,29+,35?,36?/m0/s1. The maximum atomic E-state index is 13.6. The highest BCUT2D eigenvalue weighted by molar-refractivity contribution is 6.22. The number of rotatable bonds is 7. The number of carboxylic acid groups (broad SMARTS) is 1. The van der Waals surface area contributed by atoms with Crippen LogP contribution in [-0.2, 0) is 16.1 Å². The number of aliphatic hydroxyl groups excluding tert-OH is 1. The fraction of sp³-hybridized carbons (Fsp3) is 0.485. The summed E-state index contributed by atoms with van der Waals surface area (Å²) in [6.45, 7) is 15.4. The van der Waals surface area contributed by atoms with Gasteiger partial charge in [-0.3, -0.25) is 9.59 Å².